The summed E-state index contributed by atoms with van der Waals surface area (Å²) in [5.41, 5.74) is 1.12. The zero-order valence-corrected chi connectivity index (χ0v) is 14.9. The summed E-state index contributed by atoms with van der Waals surface area (Å²) in [6.45, 7) is 4.46. The minimum atomic E-state index is -0.0452. The average Bonchev–Trinajstić information content (AvgIpc) is 3.11. The van der Waals surface area contributed by atoms with E-state index in [4.69, 9.17) is 0 Å². The molecule has 2 rings (SSSR count). The Morgan fingerprint density at radius 2 is 1.75 bits per heavy atom. The molecule has 0 heterocycles. The van der Waals surface area contributed by atoms with Crippen molar-refractivity contribution < 1.29 is 4.79 Å². The number of nitrogens with one attached hydrogen (secondary N) is 3. The quantitative estimate of drug-likeness (QED) is 0.409. The Balaban J connectivity index is 1.67. The summed E-state index contributed by atoms with van der Waals surface area (Å²) in [4.78, 5) is 16.2. The summed E-state index contributed by atoms with van der Waals surface area (Å²) < 4.78 is 0. The standard InChI is InChI=1S/C19H30N4O/c1-3-19(11-7-8-12-19)15-23-18(20-2)22-14-13-21-17(24)16-9-5-4-6-10-16/h4-6,9-10H,3,7-8,11-15H2,1-2H3,(H,21,24)(H2,20,22,23). The molecular formula is C19H30N4O. The number of carbonyl (C=O) groups excluding carboxylic acids is 1. The molecule has 5 nitrogen and oxygen atoms in total. The van der Waals surface area contributed by atoms with Gasteiger partial charge < -0.3 is 16.0 Å². The molecule has 0 saturated heterocycles. The molecule has 1 aromatic carbocycles. The van der Waals surface area contributed by atoms with Crippen molar-refractivity contribution in [1.29, 1.82) is 0 Å². The minimum absolute atomic E-state index is 0.0452. The third-order valence-electron chi connectivity index (χ3n) is 5.01. The van der Waals surface area contributed by atoms with Gasteiger partial charge in [-0.2, -0.15) is 0 Å². The van der Waals surface area contributed by atoms with Gasteiger partial charge in [0.1, 0.15) is 0 Å². The molecule has 0 aliphatic heterocycles. The molecule has 0 bridgehead atoms. The van der Waals surface area contributed by atoms with Crippen molar-refractivity contribution in [1.82, 2.24) is 16.0 Å². The zero-order chi connectivity index (χ0) is 17.3. The fourth-order valence-corrected chi connectivity index (χ4v) is 3.32. The molecule has 0 unspecified atom stereocenters. The first-order valence-electron chi connectivity index (χ1n) is 8.97. The Bertz CT molecular complexity index is 536. The normalized spacial score (nSPS) is 16.7. The maximum absolute atomic E-state index is 12.0. The van der Waals surface area contributed by atoms with E-state index in [0.717, 1.165) is 12.5 Å². The van der Waals surface area contributed by atoms with Crippen LogP contribution in [0.2, 0.25) is 0 Å². The molecule has 1 aromatic rings. The van der Waals surface area contributed by atoms with Gasteiger partial charge in [-0.15, -0.1) is 0 Å². The van der Waals surface area contributed by atoms with Crippen LogP contribution in [0.3, 0.4) is 0 Å². The number of hydrogen-bond acceptors (Lipinski definition) is 2. The van der Waals surface area contributed by atoms with Gasteiger partial charge in [0.05, 0.1) is 0 Å². The van der Waals surface area contributed by atoms with Crippen molar-refractivity contribution in [2.24, 2.45) is 10.4 Å². The predicted octanol–water partition coefficient (Wildman–Crippen LogP) is 2.55. The highest BCUT2D eigenvalue weighted by Gasteiger charge is 2.31. The van der Waals surface area contributed by atoms with Crippen molar-refractivity contribution in [3.05, 3.63) is 35.9 Å². The Morgan fingerprint density at radius 3 is 2.38 bits per heavy atom. The van der Waals surface area contributed by atoms with E-state index >= 15 is 0 Å². The zero-order valence-electron chi connectivity index (χ0n) is 14.9. The molecular weight excluding hydrogens is 300 g/mol. The number of rotatable bonds is 7. The van der Waals surface area contributed by atoms with Crippen LogP contribution in [0.25, 0.3) is 0 Å². The highest BCUT2D eigenvalue weighted by atomic mass is 16.1. The van der Waals surface area contributed by atoms with E-state index in [0.29, 0.717) is 24.1 Å². The van der Waals surface area contributed by atoms with E-state index in [1.165, 1.54) is 32.1 Å². The lowest BCUT2D eigenvalue weighted by atomic mass is 9.83. The van der Waals surface area contributed by atoms with Gasteiger partial charge in [0.2, 0.25) is 0 Å². The van der Waals surface area contributed by atoms with Crippen LogP contribution in [0.1, 0.15) is 49.4 Å². The summed E-state index contributed by atoms with van der Waals surface area (Å²) in [6, 6.07) is 9.27. The summed E-state index contributed by atoms with van der Waals surface area (Å²) in [6.07, 6.45) is 6.51. The number of carbonyl (C=O) groups is 1. The van der Waals surface area contributed by atoms with Crippen molar-refractivity contribution in [2.45, 2.75) is 39.0 Å². The number of guanidine groups is 1. The lowest BCUT2D eigenvalue weighted by Gasteiger charge is -2.28. The monoisotopic (exact) mass is 330 g/mol. The van der Waals surface area contributed by atoms with Crippen LogP contribution in [0, 0.1) is 5.41 Å². The van der Waals surface area contributed by atoms with E-state index < -0.39 is 0 Å². The van der Waals surface area contributed by atoms with Gasteiger partial charge in [-0.3, -0.25) is 9.79 Å². The molecule has 0 aromatic heterocycles. The molecule has 1 amide bonds. The van der Waals surface area contributed by atoms with Crippen molar-refractivity contribution in [2.75, 3.05) is 26.7 Å². The Hall–Kier alpha value is -2.04. The van der Waals surface area contributed by atoms with E-state index in [1.54, 1.807) is 7.05 Å². The van der Waals surface area contributed by atoms with Gasteiger partial charge in [-0.05, 0) is 36.8 Å². The fraction of sp³-hybridized carbons (Fsp3) is 0.579. The molecule has 0 spiro atoms. The number of nitrogens with zero attached hydrogens (tertiary/aromatic N) is 1. The molecule has 1 saturated carbocycles. The van der Waals surface area contributed by atoms with Crippen LogP contribution in [0.5, 0.6) is 0 Å². The second kappa shape index (κ2) is 9.30. The highest BCUT2D eigenvalue weighted by molar-refractivity contribution is 5.94. The van der Waals surface area contributed by atoms with Crippen LogP contribution < -0.4 is 16.0 Å². The predicted molar refractivity (Wildman–Crippen MR) is 99.3 cm³/mol. The molecule has 1 fully saturated rings. The first kappa shape index (κ1) is 18.3. The Morgan fingerprint density at radius 1 is 1.08 bits per heavy atom. The van der Waals surface area contributed by atoms with Crippen molar-refractivity contribution in [3.8, 4) is 0 Å². The second-order valence-electron chi connectivity index (χ2n) is 6.54. The topological polar surface area (TPSA) is 65.5 Å². The van der Waals surface area contributed by atoms with Crippen LogP contribution in [-0.4, -0.2) is 38.5 Å². The Kier molecular flexibility index (Phi) is 7.09. The van der Waals surface area contributed by atoms with Crippen LogP contribution in [0.15, 0.2) is 35.3 Å². The molecule has 1 aliphatic carbocycles. The van der Waals surface area contributed by atoms with Gasteiger partial charge in [-0.1, -0.05) is 38.0 Å². The molecule has 24 heavy (non-hydrogen) atoms. The van der Waals surface area contributed by atoms with Gasteiger partial charge >= 0.3 is 0 Å². The number of amides is 1. The van der Waals surface area contributed by atoms with Crippen molar-refractivity contribution >= 4 is 11.9 Å². The van der Waals surface area contributed by atoms with Gasteiger partial charge in [0.25, 0.3) is 5.91 Å². The molecule has 5 heteroatoms. The molecule has 0 atom stereocenters. The third-order valence-corrected chi connectivity index (χ3v) is 5.01. The molecule has 132 valence electrons. The number of benzene rings is 1. The summed E-state index contributed by atoms with van der Waals surface area (Å²) >= 11 is 0. The maximum atomic E-state index is 12.0. The SMILES string of the molecule is CCC1(CNC(=NC)NCCNC(=O)c2ccccc2)CCCC1. The summed E-state index contributed by atoms with van der Waals surface area (Å²) in [5.74, 6) is 0.764. The van der Waals surface area contributed by atoms with E-state index in [9.17, 15) is 4.79 Å². The number of aliphatic imine (C=N–C) groups is 1. The summed E-state index contributed by atoms with van der Waals surface area (Å²) in [5, 5.41) is 9.62. The first-order valence-corrected chi connectivity index (χ1v) is 8.97. The largest absolute Gasteiger partial charge is 0.356 e. The van der Waals surface area contributed by atoms with Gasteiger partial charge in [-0.25, -0.2) is 0 Å². The average molecular weight is 330 g/mol. The van der Waals surface area contributed by atoms with E-state index in [1.807, 2.05) is 30.3 Å². The first-order chi connectivity index (χ1) is 11.7. The smallest absolute Gasteiger partial charge is 0.251 e. The number of hydrogen-bond donors (Lipinski definition) is 3. The lowest BCUT2D eigenvalue weighted by Crippen LogP contribution is -2.45. The molecule has 0 radical (unpaired) electrons. The molecule has 3 N–H and O–H groups in total. The Labute approximate surface area is 145 Å². The van der Waals surface area contributed by atoms with Crippen LogP contribution in [-0.2, 0) is 0 Å². The fourth-order valence-electron chi connectivity index (χ4n) is 3.32. The van der Waals surface area contributed by atoms with Gasteiger partial charge in [0.15, 0.2) is 5.96 Å². The maximum Gasteiger partial charge on any atom is 0.251 e. The van der Waals surface area contributed by atoms with Crippen LogP contribution >= 0.6 is 0 Å². The van der Waals surface area contributed by atoms with Crippen molar-refractivity contribution in [3.63, 3.8) is 0 Å². The van der Waals surface area contributed by atoms with Gasteiger partial charge in [0, 0.05) is 32.2 Å². The minimum Gasteiger partial charge on any atom is -0.356 e. The third kappa shape index (κ3) is 5.25. The lowest BCUT2D eigenvalue weighted by molar-refractivity contribution is 0.0954. The van der Waals surface area contributed by atoms with Crippen LogP contribution in [0.4, 0.5) is 0 Å². The highest BCUT2D eigenvalue weighted by Crippen LogP contribution is 2.40. The molecule has 1 aliphatic rings. The second-order valence-corrected chi connectivity index (χ2v) is 6.54. The van der Waals surface area contributed by atoms with E-state index in [-0.39, 0.29) is 5.91 Å². The van der Waals surface area contributed by atoms with E-state index in [2.05, 4.69) is 27.9 Å². The summed E-state index contributed by atoms with van der Waals surface area (Å²) in [7, 11) is 1.78.